The molecular weight excluding hydrogens is 347 g/mol. The van der Waals surface area contributed by atoms with E-state index in [1.54, 1.807) is 0 Å². The molecule has 0 aliphatic heterocycles. The van der Waals surface area contributed by atoms with Crippen LogP contribution in [0.25, 0.3) is 11.3 Å². The summed E-state index contributed by atoms with van der Waals surface area (Å²) in [5, 5.41) is 3.66. The zero-order valence-electron chi connectivity index (χ0n) is 13.5. The average molecular weight is 361 g/mol. The lowest BCUT2D eigenvalue weighted by Crippen LogP contribution is -2.04. The summed E-state index contributed by atoms with van der Waals surface area (Å²) in [6.07, 6.45) is -4.44. The molecule has 0 amide bonds. The number of alkyl halides is 3. The van der Waals surface area contributed by atoms with Gasteiger partial charge in [0, 0.05) is 5.56 Å². The SMILES string of the molecule is C=C(OCc1ccccc1)Oc1cc(-c2cccc(C(F)(F)F)c2)on1. The molecule has 0 radical (unpaired) electrons. The molecule has 3 aromatic rings. The van der Waals surface area contributed by atoms with E-state index in [4.69, 9.17) is 14.0 Å². The highest BCUT2D eigenvalue weighted by Gasteiger charge is 2.30. The predicted octanol–water partition coefficient (Wildman–Crippen LogP) is 5.43. The Morgan fingerprint density at radius 3 is 2.54 bits per heavy atom. The number of benzene rings is 2. The van der Waals surface area contributed by atoms with Crippen molar-refractivity contribution < 1.29 is 27.2 Å². The molecule has 134 valence electrons. The van der Waals surface area contributed by atoms with Crippen LogP contribution in [0.5, 0.6) is 5.88 Å². The minimum absolute atomic E-state index is 0.00209. The van der Waals surface area contributed by atoms with Crippen molar-refractivity contribution in [2.75, 3.05) is 0 Å². The summed E-state index contributed by atoms with van der Waals surface area (Å²) in [5.41, 5.74) is 0.393. The lowest BCUT2D eigenvalue weighted by molar-refractivity contribution is -0.137. The lowest BCUT2D eigenvalue weighted by Gasteiger charge is -2.07. The van der Waals surface area contributed by atoms with Crippen molar-refractivity contribution in [2.45, 2.75) is 12.8 Å². The highest BCUT2D eigenvalue weighted by molar-refractivity contribution is 5.59. The van der Waals surface area contributed by atoms with Crippen molar-refractivity contribution in [3.05, 3.63) is 84.3 Å². The van der Waals surface area contributed by atoms with Gasteiger partial charge in [-0.25, -0.2) is 0 Å². The Bertz CT molecular complexity index is 888. The fourth-order valence-corrected chi connectivity index (χ4v) is 2.18. The number of halogens is 3. The second-order valence-corrected chi connectivity index (χ2v) is 5.36. The Labute approximate surface area is 147 Å². The maximum atomic E-state index is 12.8. The topological polar surface area (TPSA) is 44.5 Å². The van der Waals surface area contributed by atoms with Crippen LogP contribution in [0.15, 0.2) is 77.7 Å². The number of ether oxygens (including phenoxy) is 2. The molecule has 7 heteroatoms. The summed E-state index contributed by atoms with van der Waals surface area (Å²) in [5.74, 6) is 0.176. The van der Waals surface area contributed by atoms with Gasteiger partial charge in [0.15, 0.2) is 5.76 Å². The van der Waals surface area contributed by atoms with Crippen molar-refractivity contribution in [3.8, 4) is 17.2 Å². The molecule has 0 unspecified atom stereocenters. The van der Waals surface area contributed by atoms with Crippen LogP contribution in [0, 0.1) is 0 Å². The van der Waals surface area contributed by atoms with E-state index < -0.39 is 11.7 Å². The molecule has 0 aliphatic carbocycles. The molecule has 0 atom stereocenters. The van der Waals surface area contributed by atoms with Crippen molar-refractivity contribution in [1.29, 1.82) is 0 Å². The second-order valence-electron chi connectivity index (χ2n) is 5.36. The van der Waals surface area contributed by atoms with Gasteiger partial charge in [0.1, 0.15) is 6.61 Å². The van der Waals surface area contributed by atoms with Crippen LogP contribution in [0.1, 0.15) is 11.1 Å². The van der Waals surface area contributed by atoms with Crippen molar-refractivity contribution in [1.82, 2.24) is 5.16 Å². The third-order valence-corrected chi connectivity index (χ3v) is 3.42. The van der Waals surface area contributed by atoms with Crippen molar-refractivity contribution in [2.24, 2.45) is 0 Å². The van der Waals surface area contributed by atoms with Crippen molar-refractivity contribution in [3.63, 3.8) is 0 Å². The first-order valence-corrected chi connectivity index (χ1v) is 7.59. The highest BCUT2D eigenvalue weighted by atomic mass is 19.4. The van der Waals surface area contributed by atoms with Crippen molar-refractivity contribution >= 4 is 0 Å². The predicted molar refractivity (Wildman–Crippen MR) is 87.9 cm³/mol. The summed E-state index contributed by atoms with van der Waals surface area (Å²) in [6, 6.07) is 15.5. The van der Waals surface area contributed by atoms with Crippen LogP contribution in [0.3, 0.4) is 0 Å². The third kappa shape index (κ3) is 4.44. The largest absolute Gasteiger partial charge is 0.461 e. The van der Waals surface area contributed by atoms with E-state index in [1.165, 1.54) is 18.2 Å². The first-order chi connectivity index (χ1) is 12.4. The lowest BCUT2D eigenvalue weighted by atomic mass is 10.1. The molecule has 0 fully saturated rings. The molecule has 1 heterocycles. The Balaban J connectivity index is 1.64. The van der Waals surface area contributed by atoms with Gasteiger partial charge < -0.3 is 14.0 Å². The van der Waals surface area contributed by atoms with E-state index in [0.717, 1.165) is 17.7 Å². The molecule has 0 spiro atoms. The minimum atomic E-state index is -4.44. The summed E-state index contributed by atoms with van der Waals surface area (Å²) >= 11 is 0. The van der Waals surface area contributed by atoms with Gasteiger partial charge in [0.25, 0.3) is 11.8 Å². The van der Waals surface area contributed by atoms with E-state index in [2.05, 4.69) is 11.7 Å². The molecule has 26 heavy (non-hydrogen) atoms. The van der Waals surface area contributed by atoms with Gasteiger partial charge in [-0.05, 0) is 29.4 Å². The van der Waals surface area contributed by atoms with E-state index in [9.17, 15) is 13.2 Å². The summed E-state index contributed by atoms with van der Waals surface area (Å²) < 4.78 is 54.1. The Morgan fingerprint density at radius 2 is 1.81 bits per heavy atom. The van der Waals surface area contributed by atoms with Crippen LogP contribution < -0.4 is 4.74 Å². The molecule has 0 saturated carbocycles. The van der Waals surface area contributed by atoms with Gasteiger partial charge in [0.05, 0.1) is 11.6 Å². The quantitative estimate of drug-likeness (QED) is 0.550. The molecule has 0 bridgehead atoms. The smallest absolute Gasteiger partial charge is 0.416 e. The van der Waals surface area contributed by atoms with E-state index >= 15 is 0 Å². The average Bonchev–Trinajstić information content (AvgIpc) is 3.09. The van der Waals surface area contributed by atoms with Crippen LogP contribution in [0.4, 0.5) is 13.2 Å². The fourth-order valence-electron chi connectivity index (χ4n) is 2.18. The molecule has 0 aliphatic rings. The highest BCUT2D eigenvalue weighted by Crippen LogP contribution is 2.33. The number of aromatic nitrogens is 1. The van der Waals surface area contributed by atoms with E-state index in [0.29, 0.717) is 0 Å². The normalized spacial score (nSPS) is 11.2. The van der Waals surface area contributed by atoms with Crippen LogP contribution >= 0.6 is 0 Å². The molecule has 0 N–H and O–H groups in total. The van der Waals surface area contributed by atoms with Gasteiger partial charge >= 0.3 is 6.18 Å². The summed E-state index contributed by atoms with van der Waals surface area (Å²) in [7, 11) is 0. The fraction of sp³-hybridized carbons (Fsp3) is 0.105. The van der Waals surface area contributed by atoms with Crippen LogP contribution in [-0.4, -0.2) is 5.16 Å². The zero-order chi connectivity index (χ0) is 18.6. The van der Waals surface area contributed by atoms with E-state index in [1.807, 2.05) is 30.3 Å². The molecule has 3 rings (SSSR count). The third-order valence-electron chi connectivity index (χ3n) is 3.42. The number of hydrogen-bond acceptors (Lipinski definition) is 4. The van der Waals surface area contributed by atoms with Gasteiger partial charge in [-0.3, -0.25) is 0 Å². The summed E-state index contributed by atoms with van der Waals surface area (Å²) in [4.78, 5) is 0. The molecule has 1 aromatic heterocycles. The Kier molecular flexibility index (Phi) is 4.97. The van der Waals surface area contributed by atoms with E-state index in [-0.39, 0.29) is 29.8 Å². The molecular formula is C19H14F3NO3. The molecule has 2 aromatic carbocycles. The van der Waals surface area contributed by atoms with Gasteiger partial charge in [-0.15, -0.1) is 0 Å². The van der Waals surface area contributed by atoms with Gasteiger partial charge in [-0.1, -0.05) is 42.5 Å². The molecule has 4 nitrogen and oxygen atoms in total. The minimum Gasteiger partial charge on any atom is -0.461 e. The maximum Gasteiger partial charge on any atom is 0.416 e. The number of rotatable bonds is 6. The first kappa shape index (κ1) is 17.6. The summed E-state index contributed by atoms with van der Waals surface area (Å²) in [6.45, 7) is 3.88. The number of nitrogens with zero attached hydrogens (tertiary/aromatic N) is 1. The monoisotopic (exact) mass is 361 g/mol. The Hall–Kier alpha value is -3.22. The maximum absolute atomic E-state index is 12.8. The standard InChI is InChI=1S/C19H14F3NO3/c1-13(24-12-14-6-3-2-4-7-14)25-18-11-17(26-23-18)15-8-5-9-16(10-15)19(20,21)22/h2-11H,1,12H2. The number of hydrogen-bond donors (Lipinski definition) is 0. The van der Waals surface area contributed by atoms with Gasteiger partial charge in [-0.2, -0.15) is 13.2 Å². The Morgan fingerprint density at radius 1 is 1.04 bits per heavy atom. The first-order valence-electron chi connectivity index (χ1n) is 7.59. The van der Waals surface area contributed by atoms with Crippen LogP contribution in [-0.2, 0) is 17.5 Å². The van der Waals surface area contributed by atoms with Crippen LogP contribution in [0.2, 0.25) is 0 Å². The second kappa shape index (κ2) is 7.35. The van der Waals surface area contributed by atoms with Gasteiger partial charge in [0.2, 0.25) is 0 Å². The molecule has 0 saturated heterocycles. The zero-order valence-corrected chi connectivity index (χ0v) is 13.5.